The number of amidine groups is 1. The van der Waals surface area contributed by atoms with Crippen molar-refractivity contribution >= 4 is 98.8 Å². The van der Waals surface area contributed by atoms with E-state index in [1.807, 2.05) is 12.0 Å². The van der Waals surface area contributed by atoms with Crippen molar-refractivity contribution in [1.82, 2.24) is 20.4 Å². The lowest BCUT2D eigenvalue weighted by Gasteiger charge is -2.46. The number of ether oxygens (including phenoxy) is 3. The Morgan fingerprint density at radius 2 is 0.897 bits per heavy atom. The number of carbonyl (C=O) groups excluding carboxylic acids is 3. The van der Waals surface area contributed by atoms with Crippen molar-refractivity contribution in [2.45, 2.75) is 325 Å². The second kappa shape index (κ2) is 37.6. The number of methoxy groups -OCH3 is 3. The number of aliphatic hydroxyl groups is 1. The van der Waals surface area contributed by atoms with Crippen LogP contribution >= 0.6 is 39.9 Å². The maximum Gasteiger partial charge on any atom is 0.262 e. The molecule has 24 heteroatoms. The first kappa shape index (κ1) is 93.9. The highest BCUT2D eigenvalue weighted by Crippen LogP contribution is 2.65. The number of nitrogens with two attached hydrogens (primary N) is 2. The molecule has 12 aliphatic rings. The molecular weight excluding hydrogens is 1620 g/mol. The number of nitrogens with one attached hydrogen (secondary N) is 2. The van der Waals surface area contributed by atoms with Gasteiger partial charge in [-0.1, -0.05) is 183 Å². The van der Waals surface area contributed by atoms with Gasteiger partial charge in [0.05, 0.1) is 44.6 Å². The lowest BCUT2D eigenvalue weighted by Crippen LogP contribution is -2.56. The fraction of sp³-hybridized carbons (Fsp3) is 0.742. The highest BCUT2D eigenvalue weighted by molar-refractivity contribution is 9.09. The van der Waals surface area contributed by atoms with Gasteiger partial charge in [0.15, 0.2) is 57.8 Å². The van der Waals surface area contributed by atoms with Crippen LogP contribution in [0.1, 0.15) is 247 Å². The molecule has 3 aliphatic heterocycles. The number of aryl methyl sites for hydroxylation is 3. The topological polar surface area (TPSA) is 234 Å². The Labute approximate surface area is 725 Å². The molecule has 3 atom stereocenters. The zero-order valence-electron chi connectivity index (χ0n) is 75.2. The molecule has 3 unspecified atom stereocenters. The van der Waals surface area contributed by atoms with E-state index in [-0.39, 0.29) is 75.4 Å². The molecule has 1 saturated heterocycles. The minimum atomic E-state index is -1.97. The molecule has 3 amide bonds. The molecule has 3 aromatic rings. The fourth-order valence-corrected chi connectivity index (χ4v) is 24.7. The average Bonchev–Trinajstić information content (AvgIpc) is 1.54. The van der Waals surface area contributed by atoms with Crippen LogP contribution in [-0.4, -0.2) is 171 Å². The summed E-state index contributed by atoms with van der Waals surface area (Å²) in [7, 11) is 1.59. The third-order valence-corrected chi connectivity index (χ3v) is 45.9. The van der Waals surface area contributed by atoms with E-state index in [9.17, 15) is 14.7 Å². The summed E-state index contributed by atoms with van der Waals surface area (Å²) in [5.41, 5.74) is 18.9. The first-order valence-electron chi connectivity index (χ1n) is 44.7. The number of aliphatic hydroxyl groups excluding tert-OH is 1. The third-order valence-electron chi connectivity index (χ3n) is 30.8. The summed E-state index contributed by atoms with van der Waals surface area (Å²) in [6, 6.07) is 20.6. The molecule has 117 heavy (non-hydrogen) atoms. The zero-order valence-corrected chi connectivity index (χ0v) is 81.4. The molecule has 3 aromatic carbocycles. The molecule has 3 heterocycles. The number of nitrogens with zero attached hydrogens (tertiary/aromatic N) is 4. The van der Waals surface area contributed by atoms with Crippen LogP contribution < -0.4 is 22.1 Å². The van der Waals surface area contributed by atoms with Crippen LogP contribution in [0.25, 0.3) is 0 Å². The van der Waals surface area contributed by atoms with E-state index in [1.165, 1.54) is 114 Å². The Morgan fingerprint density at radius 3 is 1.27 bits per heavy atom. The lowest BCUT2D eigenvalue weighted by atomic mass is 9.61. The Bertz CT molecular complexity index is 4030. The van der Waals surface area contributed by atoms with Crippen molar-refractivity contribution in [3.8, 4) is 0 Å². The van der Waals surface area contributed by atoms with Crippen molar-refractivity contribution in [3.63, 3.8) is 0 Å². The van der Waals surface area contributed by atoms with E-state index in [1.54, 1.807) is 26.0 Å². The minimum absolute atomic E-state index is 0.0430. The molecule has 7 N–H and O–H groups in total. The largest absolute Gasteiger partial charge is 0.416 e. The summed E-state index contributed by atoms with van der Waals surface area (Å²) < 4.78 is 36.1. The predicted molar refractivity (Wildman–Crippen MR) is 493 cm³/mol. The van der Waals surface area contributed by atoms with E-state index >= 15 is 4.79 Å². The van der Waals surface area contributed by atoms with Crippen LogP contribution in [-0.2, 0) is 97.0 Å². The summed E-state index contributed by atoms with van der Waals surface area (Å²) in [6.07, 6.45) is 30.2. The van der Waals surface area contributed by atoms with Gasteiger partial charge >= 0.3 is 0 Å². The summed E-state index contributed by atoms with van der Waals surface area (Å²) in [5, 5.41) is 18.8. The van der Waals surface area contributed by atoms with Crippen LogP contribution in [0.4, 0.5) is 0 Å². The van der Waals surface area contributed by atoms with Gasteiger partial charge in [-0.25, -0.2) is 9.98 Å². The third kappa shape index (κ3) is 19.5. The van der Waals surface area contributed by atoms with E-state index < -0.39 is 41.6 Å². The molecule has 0 aromatic heterocycles. The number of alkyl halides is 1. The fourth-order valence-electron chi connectivity index (χ4n) is 19.8. The number of amides is 3. The summed E-state index contributed by atoms with van der Waals surface area (Å²) >= 11 is 10.5. The monoisotopic (exact) mass is 1760 g/mol. The maximum absolute atomic E-state index is 15.3. The van der Waals surface area contributed by atoms with Gasteiger partial charge in [-0.3, -0.25) is 24.2 Å². The van der Waals surface area contributed by atoms with Gasteiger partial charge < -0.3 is 54.7 Å². The van der Waals surface area contributed by atoms with Crippen molar-refractivity contribution in [3.05, 3.63) is 105 Å². The number of thioether (sulfide) groups is 1. The van der Waals surface area contributed by atoms with E-state index in [4.69, 9.17) is 55.4 Å². The molecular formula is C93H149BrN8O10S2Si3. The van der Waals surface area contributed by atoms with Crippen molar-refractivity contribution in [2.24, 2.45) is 55.5 Å². The Hall–Kier alpha value is -3.74. The number of benzene rings is 3. The quantitative estimate of drug-likeness (QED) is 0.0230. The molecule has 15 rings (SSSR count). The summed E-state index contributed by atoms with van der Waals surface area (Å²) in [4.78, 5) is 56.6. The van der Waals surface area contributed by atoms with Crippen molar-refractivity contribution < 1.29 is 47.0 Å². The standard InChI is InChI=1S/C38H64N2O4SSi2.C24H33N3O3.C22H28N2O2S.C8H19BrOSi.CH5N/c1-35(2,3)46(8,9)43-23-22-40-33(41)38(39-34(40)45-25-24-44-47(10,11)36(4,5)6)32-26-29(15-14-28-12-13-28)16-17-30(32)27-37(38)20-18-31(42-7)19-21-37;1-30-19-8-10-23(11-9-19)15-18-7-6-17(5-4-16-2-3-16)14-20(18)24(23)21(29)27(12-13-28)22(25)26-24;1-26-17-8-10-21(11-9-17)13-16-7-6-15(5-4-14-2-3-14)12-18(16)22(21)19(25)23-20(27)24-22;1-8(2,3)11(4,5)10-7-6-9;1-2/h16-17,26,28,31H,12-15,18-25,27H2,1-11H3;6-7,14,16,19,28H,2-5,8-13,15H2,1H3,(H2,25,26);6-7,12,14,17H,2-5,8-11,13H2,1H3,(H2,23,24,25,27);6-7H2,1-5H3;2H2,1H3. The lowest BCUT2D eigenvalue weighted by molar-refractivity contribution is -0.139. The van der Waals surface area contributed by atoms with Crippen LogP contribution in [0, 0.1) is 34.0 Å². The van der Waals surface area contributed by atoms with Gasteiger partial charge in [-0.15, -0.1) is 0 Å². The number of fused-ring (bicyclic) bond motifs is 9. The molecule has 7 fully saturated rings. The number of guanidine groups is 1. The van der Waals surface area contributed by atoms with Crippen LogP contribution in [0.15, 0.2) is 64.6 Å². The van der Waals surface area contributed by atoms with E-state index in [0.29, 0.717) is 36.0 Å². The molecule has 6 saturated carbocycles. The number of carbonyl (C=O) groups is 3. The molecule has 0 radical (unpaired) electrons. The maximum atomic E-state index is 15.3. The number of thiocarbonyl (C=S) groups is 1. The Balaban J connectivity index is 0.000000166. The number of rotatable bonds is 25. The van der Waals surface area contributed by atoms with Crippen molar-refractivity contribution in [2.75, 3.05) is 79.0 Å². The van der Waals surface area contributed by atoms with E-state index in [2.05, 4.69) is 188 Å². The normalized spacial score (nSPS) is 28.6. The second-order valence-corrected chi connectivity index (χ2v) is 57.7. The first-order valence-corrected chi connectivity index (χ1v) is 56.0. The van der Waals surface area contributed by atoms with Crippen molar-refractivity contribution in [1.29, 1.82) is 0 Å². The first-order chi connectivity index (χ1) is 55.3. The number of hydrogen-bond acceptors (Lipinski definition) is 16. The molecule has 9 aliphatic carbocycles. The highest BCUT2D eigenvalue weighted by Gasteiger charge is 2.70. The number of β-amino-alcohol motifs (C(OH)–C–C–N with tert-alkyl or cyclic N) is 1. The molecule has 6 spiro atoms. The number of halogens is 1. The summed E-state index contributed by atoms with van der Waals surface area (Å²) in [6.45, 7) is 36.9. The Kier molecular flexibility index (Phi) is 30.2. The van der Waals surface area contributed by atoms with Gasteiger partial charge in [0.1, 0.15) is 0 Å². The summed E-state index contributed by atoms with van der Waals surface area (Å²) in [5.74, 6) is 3.86. The van der Waals surface area contributed by atoms with Gasteiger partial charge in [-0.05, 0) is 276 Å². The zero-order chi connectivity index (χ0) is 85.2. The van der Waals surface area contributed by atoms with Gasteiger partial charge in [0.25, 0.3) is 17.7 Å². The molecule has 652 valence electrons. The SMILES string of the molecule is CC(C)(C)[Si](C)(C)OCCBr.CN.COC1CCC2(CC1)Cc1ccc(CCC3CC3)cc1C21N=C(N)N(CCO)C1=O.COC1CCC2(CC1)Cc1ccc(CCC3CC3)cc1C21N=C(SCCO[Si](C)(C)C(C)(C)C)N(CCO[Si](C)(C)C(C)(C)C)C1=O.COC1CCC2(CC1)Cc1ccc(CCC3CC3)cc1C21NC(=S)NC1=O. The van der Waals surface area contributed by atoms with Crippen LogP contribution in [0.3, 0.4) is 0 Å². The van der Waals surface area contributed by atoms with Gasteiger partial charge in [-0.2, -0.15) is 0 Å². The van der Waals surface area contributed by atoms with Gasteiger partial charge in [0.2, 0.25) is 0 Å². The smallest absolute Gasteiger partial charge is 0.262 e. The predicted octanol–water partition coefficient (Wildman–Crippen LogP) is 18.2. The molecule has 18 nitrogen and oxygen atoms in total. The molecule has 0 bridgehead atoms. The minimum Gasteiger partial charge on any atom is -0.416 e. The van der Waals surface area contributed by atoms with E-state index in [0.717, 1.165) is 162 Å². The highest BCUT2D eigenvalue weighted by atomic mass is 79.9. The Morgan fingerprint density at radius 1 is 0.530 bits per heavy atom. The second-order valence-electron chi connectivity index (χ2n) is 41.0. The average molecular weight is 1770 g/mol. The van der Waals surface area contributed by atoms with Crippen LogP contribution in [0.5, 0.6) is 0 Å². The van der Waals surface area contributed by atoms with Gasteiger partial charge in [0, 0.05) is 61.9 Å². The number of aliphatic imine (C=N–C) groups is 2. The van der Waals surface area contributed by atoms with Crippen LogP contribution in [0.2, 0.25) is 54.4 Å². The number of hydrogen-bond donors (Lipinski definition) is 5.